The number of hydrogen-bond donors (Lipinski definition) is 1. The van der Waals surface area contributed by atoms with Crippen LogP contribution >= 0.6 is 11.6 Å². The molecule has 0 aliphatic carbocycles. The molecule has 0 fully saturated rings. The number of amides is 1. The van der Waals surface area contributed by atoms with Crippen LogP contribution in [-0.2, 0) is 0 Å². The first-order valence-electron chi connectivity index (χ1n) is 8.26. The van der Waals surface area contributed by atoms with Gasteiger partial charge in [-0.2, -0.15) is 0 Å². The number of fused-ring (bicyclic) bond motifs is 1. The van der Waals surface area contributed by atoms with Gasteiger partial charge in [0.15, 0.2) is 0 Å². The summed E-state index contributed by atoms with van der Waals surface area (Å²) in [7, 11) is 1.62. The summed E-state index contributed by atoms with van der Waals surface area (Å²) >= 11 is 6.43. The highest BCUT2D eigenvalue weighted by Crippen LogP contribution is 2.38. The average molecular weight is 365 g/mol. The van der Waals surface area contributed by atoms with Crippen LogP contribution in [0.5, 0.6) is 5.75 Å². The Kier molecular flexibility index (Phi) is 4.27. The Morgan fingerprint density at radius 1 is 0.962 bits per heavy atom. The minimum Gasteiger partial charge on any atom is -0.497 e. The molecule has 4 nitrogen and oxygen atoms in total. The second-order valence-electron chi connectivity index (χ2n) is 5.99. The van der Waals surface area contributed by atoms with E-state index in [9.17, 15) is 4.79 Å². The van der Waals surface area contributed by atoms with Crippen LogP contribution < -0.4 is 15.0 Å². The molecule has 1 aliphatic heterocycles. The van der Waals surface area contributed by atoms with Crippen LogP contribution in [0.2, 0.25) is 5.02 Å². The van der Waals surface area contributed by atoms with Crippen molar-refractivity contribution in [1.82, 2.24) is 0 Å². The van der Waals surface area contributed by atoms with Gasteiger partial charge in [-0.3, -0.25) is 9.69 Å². The Labute approximate surface area is 157 Å². The first kappa shape index (κ1) is 16.5. The van der Waals surface area contributed by atoms with Crippen LogP contribution in [0.15, 0.2) is 72.8 Å². The number of rotatable bonds is 3. The van der Waals surface area contributed by atoms with Crippen LogP contribution in [-0.4, -0.2) is 13.0 Å². The van der Waals surface area contributed by atoms with Crippen molar-refractivity contribution in [1.29, 1.82) is 0 Å². The standard InChI is InChI=1S/C21H17ClN2O2/c1-26-15-12-10-14(11-13-15)24-20(16-6-2-4-8-18(16)22)23-19-9-5-3-7-17(19)21(24)25/h2-13,20,23H,1H3. The topological polar surface area (TPSA) is 41.6 Å². The normalized spacial score (nSPS) is 16.0. The van der Waals surface area contributed by atoms with Gasteiger partial charge in [-0.25, -0.2) is 0 Å². The maximum Gasteiger partial charge on any atom is 0.262 e. The lowest BCUT2D eigenvalue weighted by Gasteiger charge is -2.38. The molecule has 1 unspecified atom stereocenters. The first-order valence-corrected chi connectivity index (χ1v) is 8.64. The molecule has 26 heavy (non-hydrogen) atoms. The summed E-state index contributed by atoms with van der Waals surface area (Å²) in [6.45, 7) is 0. The van der Waals surface area contributed by atoms with Crippen molar-refractivity contribution in [3.05, 3.63) is 88.9 Å². The number of halogens is 1. The zero-order valence-electron chi connectivity index (χ0n) is 14.1. The van der Waals surface area contributed by atoms with Crippen LogP contribution in [0.4, 0.5) is 11.4 Å². The molecule has 1 N–H and O–H groups in total. The van der Waals surface area contributed by atoms with E-state index >= 15 is 0 Å². The maximum absolute atomic E-state index is 13.3. The first-order chi connectivity index (χ1) is 12.7. The minimum atomic E-state index is -0.403. The van der Waals surface area contributed by atoms with Crippen molar-refractivity contribution in [3.8, 4) is 5.75 Å². The second-order valence-corrected chi connectivity index (χ2v) is 6.39. The van der Waals surface area contributed by atoms with E-state index in [1.807, 2.05) is 72.8 Å². The van der Waals surface area contributed by atoms with Crippen molar-refractivity contribution in [2.75, 3.05) is 17.3 Å². The van der Waals surface area contributed by atoms with Gasteiger partial charge in [-0.1, -0.05) is 41.9 Å². The SMILES string of the molecule is COc1ccc(N2C(=O)c3ccccc3NC2c2ccccc2Cl)cc1. The number of hydrogen-bond acceptors (Lipinski definition) is 3. The molecule has 0 saturated heterocycles. The second kappa shape index (κ2) is 6.73. The van der Waals surface area contributed by atoms with Crippen molar-refractivity contribution in [2.24, 2.45) is 0 Å². The molecule has 5 heteroatoms. The molecule has 0 aromatic heterocycles. The smallest absolute Gasteiger partial charge is 0.262 e. The molecule has 0 saturated carbocycles. The summed E-state index contributed by atoms with van der Waals surface area (Å²) in [5.41, 5.74) is 3.04. The van der Waals surface area contributed by atoms with Gasteiger partial charge in [0.1, 0.15) is 11.9 Å². The highest BCUT2D eigenvalue weighted by Gasteiger charge is 2.34. The molecule has 3 aromatic rings. The lowest BCUT2D eigenvalue weighted by molar-refractivity contribution is 0.0975. The summed E-state index contributed by atoms with van der Waals surface area (Å²) in [6.07, 6.45) is -0.403. The number of ether oxygens (including phenoxy) is 1. The number of nitrogens with one attached hydrogen (secondary N) is 1. The Morgan fingerprint density at radius 2 is 1.65 bits per heavy atom. The lowest BCUT2D eigenvalue weighted by Crippen LogP contribution is -2.43. The van der Waals surface area contributed by atoms with E-state index in [2.05, 4.69) is 5.32 Å². The van der Waals surface area contributed by atoms with Crippen LogP contribution in [0.25, 0.3) is 0 Å². The largest absolute Gasteiger partial charge is 0.497 e. The number of carbonyl (C=O) groups excluding carboxylic acids is 1. The predicted octanol–water partition coefficient (Wildman–Crippen LogP) is 5.12. The van der Waals surface area contributed by atoms with Gasteiger partial charge in [0.2, 0.25) is 0 Å². The average Bonchev–Trinajstić information content (AvgIpc) is 2.68. The Balaban J connectivity index is 1.86. The lowest BCUT2D eigenvalue weighted by atomic mass is 10.0. The molecule has 1 amide bonds. The molecule has 1 aliphatic rings. The van der Waals surface area contributed by atoms with E-state index in [-0.39, 0.29) is 5.91 Å². The Bertz CT molecular complexity index is 956. The van der Waals surface area contributed by atoms with Gasteiger partial charge in [0.05, 0.1) is 12.7 Å². The van der Waals surface area contributed by atoms with Gasteiger partial charge in [0.25, 0.3) is 5.91 Å². The number of methoxy groups -OCH3 is 1. The van der Waals surface area contributed by atoms with Crippen molar-refractivity contribution in [3.63, 3.8) is 0 Å². The summed E-state index contributed by atoms with van der Waals surface area (Å²) in [5.74, 6) is 0.662. The zero-order chi connectivity index (χ0) is 18.1. The summed E-state index contributed by atoms with van der Waals surface area (Å²) in [5, 5.41) is 4.06. The number of para-hydroxylation sites is 1. The number of benzene rings is 3. The summed E-state index contributed by atoms with van der Waals surface area (Å²) in [4.78, 5) is 15.0. The third kappa shape index (κ3) is 2.78. The van der Waals surface area contributed by atoms with Gasteiger partial charge in [0, 0.05) is 22.0 Å². The van der Waals surface area contributed by atoms with Gasteiger partial charge in [-0.05, 0) is 42.5 Å². The molecule has 1 atom stereocenters. The number of carbonyl (C=O) groups is 1. The van der Waals surface area contributed by atoms with E-state index in [0.29, 0.717) is 10.6 Å². The molecule has 0 spiro atoms. The summed E-state index contributed by atoms with van der Waals surface area (Å²) in [6, 6.07) is 22.5. The Morgan fingerprint density at radius 3 is 2.38 bits per heavy atom. The quantitative estimate of drug-likeness (QED) is 0.701. The molecule has 3 aromatic carbocycles. The van der Waals surface area contributed by atoms with Crippen LogP contribution in [0, 0.1) is 0 Å². The van der Waals surface area contributed by atoms with Crippen molar-refractivity contribution in [2.45, 2.75) is 6.17 Å². The third-order valence-corrected chi connectivity index (χ3v) is 4.82. The van der Waals surface area contributed by atoms with Crippen molar-refractivity contribution >= 4 is 28.9 Å². The van der Waals surface area contributed by atoms with Gasteiger partial charge >= 0.3 is 0 Å². The molecule has 4 rings (SSSR count). The summed E-state index contributed by atoms with van der Waals surface area (Å²) < 4.78 is 5.23. The number of anilines is 2. The molecular weight excluding hydrogens is 348 g/mol. The number of nitrogens with zero attached hydrogens (tertiary/aromatic N) is 1. The fourth-order valence-electron chi connectivity index (χ4n) is 3.18. The van der Waals surface area contributed by atoms with E-state index < -0.39 is 6.17 Å². The maximum atomic E-state index is 13.3. The van der Waals surface area contributed by atoms with E-state index in [4.69, 9.17) is 16.3 Å². The van der Waals surface area contributed by atoms with Crippen molar-refractivity contribution < 1.29 is 9.53 Å². The molecule has 0 radical (unpaired) electrons. The van der Waals surface area contributed by atoms with Crippen LogP contribution in [0.1, 0.15) is 22.1 Å². The van der Waals surface area contributed by atoms with E-state index in [0.717, 1.165) is 22.7 Å². The molecular formula is C21H17ClN2O2. The molecule has 1 heterocycles. The minimum absolute atomic E-state index is 0.0746. The fraction of sp³-hybridized carbons (Fsp3) is 0.0952. The van der Waals surface area contributed by atoms with Gasteiger partial charge < -0.3 is 10.1 Å². The molecule has 130 valence electrons. The highest BCUT2D eigenvalue weighted by molar-refractivity contribution is 6.31. The van der Waals surface area contributed by atoms with E-state index in [1.54, 1.807) is 12.0 Å². The van der Waals surface area contributed by atoms with E-state index in [1.165, 1.54) is 0 Å². The van der Waals surface area contributed by atoms with Crippen LogP contribution in [0.3, 0.4) is 0 Å². The Hall–Kier alpha value is -2.98. The fourth-order valence-corrected chi connectivity index (χ4v) is 3.42. The monoisotopic (exact) mass is 364 g/mol. The third-order valence-electron chi connectivity index (χ3n) is 4.48. The highest BCUT2D eigenvalue weighted by atomic mass is 35.5. The van der Waals surface area contributed by atoms with Gasteiger partial charge in [-0.15, -0.1) is 0 Å². The molecule has 0 bridgehead atoms. The zero-order valence-corrected chi connectivity index (χ0v) is 14.9. The predicted molar refractivity (Wildman–Crippen MR) is 104 cm³/mol.